The molecule has 0 unspecified atom stereocenters. The summed E-state index contributed by atoms with van der Waals surface area (Å²) >= 11 is 0. The smallest absolute Gasteiger partial charge is 0.0785 e. The Kier molecular flexibility index (Phi) is 25.9. The number of benzene rings is 1. The van der Waals surface area contributed by atoms with Gasteiger partial charge in [0.1, 0.15) is 0 Å². The molecule has 0 saturated heterocycles. The molecule has 32 heavy (non-hydrogen) atoms. The number of unbranched alkanes of at least 4 members (excludes halogenated alkanes) is 2. The molecule has 2 rings (SSSR count). The van der Waals surface area contributed by atoms with E-state index >= 15 is 0 Å². The average Bonchev–Trinajstić information content (AvgIpc) is 3.34. The largest absolute Gasteiger partial charge is 0.255 e. The van der Waals surface area contributed by atoms with Gasteiger partial charge in [0.05, 0.1) is 14.4 Å². The third-order valence-electron chi connectivity index (χ3n) is 5.47. The zero-order valence-electron chi connectivity index (χ0n) is 21.6. The van der Waals surface area contributed by atoms with E-state index in [1.54, 1.807) is 0 Å². The van der Waals surface area contributed by atoms with Gasteiger partial charge in [-0.2, -0.15) is 0 Å². The maximum absolute atomic E-state index is 9.50. The van der Waals surface area contributed by atoms with E-state index in [0.29, 0.717) is 14.4 Å². The first-order chi connectivity index (χ1) is 15.7. The predicted molar refractivity (Wildman–Crippen MR) is 142 cm³/mol. The summed E-state index contributed by atoms with van der Waals surface area (Å²) in [5.41, 5.74) is 4.28. The Balaban J connectivity index is 0. The molecule has 0 aromatic heterocycles. The van der Waals surface area contributed by atoms with Crippen molar-refractivity contribution in [1.29, 1.82) is 0 Å². The van der Waals surface area contributed by atoms with Crippen LogP contribution < -0.4 is 0 Å². The van der Waals surface area contributed by atoms with Crippen LogP contribution in [0.4, 0.5) is 8.78 Å². The SMILES string of the molecule is C=C(CCC)CCC/C=C\C.CF.CF.Cc1cccc(CCC/C=C/C2CCCC2)c1. The van der Waals surface area contributed by atoms with Crippen LogP contribution in [0.2, 0.25) is 0 Å². The van der Waals surface area contributed by atoms with Crippen molar-refractivity contribution >= 4 is 0 Å². The van der Waals surface area contributed by atoms with Crippen molar-refractivity contribution in [2.45, 2.75) is 97.8 Å². The van der Waals surface area contributed by atoms with Crippen LogP contribution >= 0.6 is 0 Å². The Morgan fingerprint density at radius 2 is 1.66 bits per heavy atom. The average molecular weight is 449 g/mol. The lowest BCUT2D eigenvalue weighted by Crippen LogP contribution is -1.87. The van der Waals surface area contributed by atoms with Crippen LogP contribution in [0, 0.1) is 12.8 Å². The molecule has 0 nitrogen and oxygen atoms in total. The molecule has 1 fully saturated rings. The van der Waals surface area contributed by atoms with Gasteiger partial charge in [0, 0.05) is 0 Å². The Morgan fingerprint density at radius 3 is 2.25 bits per heavy atom. The summed E-state index contributed by atoms with van der Waals surface area (Å²) in [6, 6.07) is 8.89. The second-order valence-electron chi connectivity index (χ2n) is 8.32. The summed E-state index contributed by atoms with van der Waals surface area (Å²) in [5, 5.41) is 0. The highest BCUT2D eigenvalue weighted by molar-refractivity contribution is 5.22. The van der Waals surface area contributed by atoms with E-state index in [0.717, 1.165) is 5.92 Å². The van der Waals surface area contributed by atoms with Gasteiger partial charge >= 0.3 is 0 Å². The molecule has 0 N–H and O–H groups in total. The van der Waals surface area contributed by atoms with Crippen LogP contribution in [0.5, 0.6) is 0 Å². The summed E-state index contributed by atoms with van der Waals surface area (Å²) in [7, 11) is 1.00. The zero-order valence-corrected chi connectivity index (χ0v) is 21.6. The Labute approximate surface area is 198 Å². The highest BCUT2D eigenvalue weighted by atomic mass is 19.1. The zero-order chi connectivity index (χ0) is 24.5. The molecular weight excluding hydrogens is 398 g/mol. The third kappa shape index (κ3) is 20.2. The van der Waals surface area contributed by atoms with Gasteiger partial charge < -0.3 is 0 Å². The van der Waals surface area contributed by atoms with Crippen molar-refractivity contribution in [2.75, 3.05) is 14.4 Å². The maximum atomic E-state index is 9.50. The van der Waals surface area contributed by atoms with E-state index in [-0.39, 0.29) is 0 Å². The molecule has 1 aliphatic rings. The fourth-order valence-corrected chi connectivity index (χ4v) is 3.85. The van der Waals surface area contributed by atoms with Crippen molar-refractivity contribution in [1.82, 2.24) is 0 Å². The monoisotopic (exact) mass is 448 g/mol. The van der Waals surface area contributed by atoms with Gasteiger partial charge in [-0.1, -0.05) is 92.5 Å². The van der Waals surface area contributed by atoms with E-state index in [1.807, 2.05) is 0 Å². The van der Waals surface area contributed by atoms with Crippen molar-refractivity contribution in [3.05, 3.63) is 71.8 Å². The molecule has 0 radical (unpaired) electrons. The summed E-state index contributed by atoms with van der Waals surface area (Å²) in [6.45, 7) is 10.5. The quantitative estimate of drug-likeness (QED) is 0.233. The number of hydrogen-bond donors (Lipinski definition) is 0. The summed E-state index contributed by atoms with van der Waals surface area (Å²) in [5.74, 6) is 0.897. The number of alkyl halides is 2. The van der Waals surface area contributed by atoms with Crippen molar-refractivity contribution < 1.29 is 8.78 Å². The van der Waals surface area contributed by atoms with Gasteiger partial charge in [-0.25, -0.2) is 0 Å². The highest BCUT2D eigenvalue weighted by Gasteiger charge is 2.10. The van der Waals surface area contributed by atoms with E-state index < -0.39 is 0 Å². The van der Waals surface area contributed by atoms with E-state index in [1.165, 1.54) is 93.7 Å². The molecule has 1 saturated carbocycles. The van der Waals surface area contributed by atoms with Crippen molar-refractivity contribution in [2.24, 2.45) is 5.92 Å². The van der Waals surface area contributed by atoms with Crippen LogP contribution in [0.15, 0.2) is 60.7 Å². The third-order valence-corrected chi connectivity index (χ3v) is 5.47. The first-order valence-electron chi connectivity index (χ1n) is 12.4. The van der Waals surface area contributed by atoms with Crippen molar-refractivity contribution in [3.8, 4) is 0 Å². The number of aryl methyl sites for hydroxylation is 2. The minimum atomic E-state index is 0.500. The lowest BCUT2D eigenvalue weighted by atomic mass is 10.0. The number of allylic oxidation sites excluding steroid dienone is 5. The second kappa shape index (κ2) is 25.6. The standard InChI is InChI=1S/C17H24.C11H20.2CH3F/c1-15-8-7-13-17(14-15)12-4-2-3-9-16-10-5-6-11-16;1-4-6-7-8-10-11(3)9-5-2;2*1-2/h3,7-9,13-14,16H,2,4-6,10-12H2,1H3;4,6H,3,5,7-10H2,1-2H3;2*1H3/b9-3+;6-4-;;. The van der Waals surface area contributed by atoms with Gasteiger partial charge in [0.15, 0.2) is 0 Å². The lowest BCUT2D eigenvalue weighted by molar-refractivity contribution is 0.635. The van der Waals surface area contributed by atoms with Gasteiger partial charge in [-0.05, 0) is 83.1 Å². The summed E-state index contributed by atoms with van der Waals surface area (Å²) < 4.78 is 19.0. The first-order valence-corrected chi connectivity index (χ1v) is 12.4. The van der Waals surface area contributed by atoms with Gasteiger partial charge in [-0.3, -0.25) is 8.78 Å². The molecule has 0 aliphatic heterocycles. The van der Waals surface area contributed by atoms with E-state index in [4.69, 9.17) is 0 Å². The Morgan fingerprint density at radius 1 is 1.00 bits per heavy atom. The molecule has 1 aromatic carbocycles. The molecule has 2 heteroatoms. The summed E-state index contributed by atoms with van der Waals surface area (Å²) in [4.78, 5) is 0. The summed E-state index contributed by atoms with van der Waals surface area (Å²) in [6.07, 6.45) is 24.8. The fraction of sp³-hybridized carbons (Fsp3) is 0.600. The van der Waals surface area contributed by atoms with Crippen LogP contribution in [0.3, 0.4) is 0 Å². The minimum Gasteiger partial charge on any atom is -0.255 e. The molecule has 0 bridgehead atoms. The first kappa shape index (κ1) is 32.5. The van der Waals surface area contributed by atoms with Crippen LogP contribution in [-0.2, 0) is 6.42 Å². The van der Waals surface area contributed by atoms with Gasteiger partial charge in [-0.15, -0.1) is 0 Å². The normalized spacial score (nSPS) is 13.1. The Bertz CT molecular complexity index is 580. The molecular formula is C30H50F2. The van der Waals surface area contributed by atoms with Crippen LogP contribution in [0.25, 0.3) is 0 Å². The minimum absolute atomic E-state index is 0.500. The molecule has 0 amide bonds. The molecule has 0 atom stereocenters. The van der Waals surface area contributed by atoms with Crippen LogP contribution in [0.1, 0.15) is 95.6 Å². The molecule has 1 aromatic rings. The topological polar surface area (TPSA) is 0 Å². The van der Waals surface area contributed by atoms with Gasteiger partial charge in [0.25, 0.3) is 0 Å². The van der Waals surface area contributed by atoms with Gasteiger partial charge in [0.2, 0.25) is 0 Å². The maximum Gasteiger partial charge on any atom is 0.0785 e. The number of halogens is 2. The molecule has 1 aliphatic carbocycles. The fourth-order valence-electron chi connectivity index (χ4n) is 3.85. The van der Waals surface area contributed by atoms with Crippen molar-refractivity contribution in [3.63, 3.8) is 0 Å². The number of hydrogen-bond acceptors (Lipinski definition) is 0. The highest BCUT2D eigenvalue weighted by Crippen LogP contribution is 2.25. The molecule has 184 valence electrons. The Hall–Kier alpha value is -1.70. The number of rotatable bonds is 11. The van der Waals surface area contributed by atoms with E-state index in [9.17, 15) is 8.78 Å². The lowest BCUT2D eigenvalue weighted by Gasteiger charge is -2.02. The van der Waals surface area contributed by atoms with E-state index in [2.05, 4.69) is 75.9 Å². The molecule has 0 spiro atoms. The predicted octanol–water partition coefficient (Wildman–Crippen LogP) is 10.3. The molecule has 0 heterocycles. The van der Waals surface area contributed by atoms with Crippen LogP contribution in [-0.4, -0.2) is 14.4 Å². The second-order valence-corrected chi connectivity index (χ2v) is 8.32.